The Morgan fingerprint density at radius 3 is 2.84 bits per heavy atom. The molecule has 6 nitrogen and oxygen atoms in total. The van der Waals surface area contributed by atoms with E-state index in [9.17, 15) is 4.79 Å². The molecule has 0 radical (unpaired) electrons. The van der Waals surface area contributed by atoms with Crippen LogP contribution in [-0.4, -0.2) is 26.7 Å². The van der Waals surface area contributed by atoms with Crippen LogP contribution in [0.4, 0.5) is 0 Å². The quantitative estimate of drug-likeness (QED) is 0.913. The molecule has 0 aliphatic rings. The molecule has 2 aromatic rings. The minimum atomic E-state index is -0.232. The van der Waals surface area contributed by atoms with Crippen LogP contribution in [0.15, 0.2) is 33.9 Å². The third-order valence-electron chi connectivity index (χ3n) is 2.77. The molecule has 2 heterocycles. The van der Waals surface area contributed by atoms with Crippen LogP contribution in [0.5, 0.6) is 0 Å². The standard InChI is InChI=1S/C12H15BrN4O2/c1-8(2)9(5-17-7-14-6-15-17)16-12(18)10-3-4-11(13)19-10/h3-4,6-9H,5H2,1-2H3,(H,16,18)/t9-/m1/s1. The highest BCUT2D eigenvalue weighted by molar-refractivity contribution is 9.10. The van der Waals surface area contributed by atoms with Crippen molar-refractivity contribution in [1.82, 2.24) is 20.1 Å². The molecule has 2 rings (SSSR count). The summed E-state index contributed by atoms with van der Waals surface area (Å²) in [4.78, 5) is 15.9. The van der Waals surface area contributed by atoms with E-state index in [2.05, 4.69) is 31.3 Å². The molecule has 19 heavy (non-hydrogen) atoms. The van der Waals surface area contributed by atoms with Crippen molar-refractivity contribution >= 4 is 21.8 Å². The molecule has 1 atom stereocenters. The number of rotatable bonds is 5. The number of nitrogens with one attached hydrogen (secondary N) is 1. The Hall–Kier alpha value is -1.63. The van der Waals surface area contributed by atoms with Gasteiger partial charge in [-0.1, -0.05) is 13.8 Å². The first-order valence-corrected chi connectivity index (χ1v) is 6.74. The van der Waals surface area contributed by atoms with E-state index in [4.69, 9.17) is 4.42 Å². The molecular weight excluding hydrogens is 312 g/mol. The highest BCUT2D eigenvalue weighted by Crippen LogP contribution is 2.14. The molecule has 0 saturated carbocycles. The number of aromatic nitrogens is 3. The van der Waals surface area contributed by atoms with E-state index in [0.29, 0.717) is 11.2 Å². The van der Waals surface area contributed by atoms with Crippen molar-refractivity contribution in [3.63, 3.8) is 0 Å². The monoisotopic (exact) mass is 326 g/mol. The predicted octanol–water partition coefficient (Wildman–Crippen LogP) is 2.09. The Bertz CT molecular complexity index is 536. The van der Waals surface area contributed by atoms with Crippen LogP contribution in [0.1, 0.15) is 24.4 Å². The van der Waals surface area contributed by atoms with Gasteiger partial charge in [-0.2, -0.15) is 5.10 Å². The fraction of sp³-hybridized carbons (Fsp3) is 0.417. The Labute approximate surface area is 119 Å². The van der Waals surface area contributed by atoms with E-state index in [1.165, 1.54) is 6.33 Å². The van der Waals surface area contributed by atoms with Gasteiger partial charge in [0.05, 0.1) is 12.6 Å². The lowest BCUT2D eigenvalue weighted by Gasteiger charge is -2.21. The van der Waals surface area contributed by atoms with Crippen molar-refractivity contribution in [3.05, 3.63) is 35.2 Å². The second-order valence-corrected chi connectivity index (χ2v) is 5.33. The lowest BCUT2D eigenvalue weighted by atomic mass is 10.0. The maximum absolute atomic E-state index is 12.0. The lowest BCUT2D eigenvalue weighted by Crippen LogP contribution is -2.41. The van der Waals surface area contributed by atoms with Crippen LogP contribution in [0.2, 0.25) is 0 Å². The summed E-state index contributed by atoms with van der Waals surface area (Å²) in [6.45, 7) is 4.66. The summed E-state index contributed by atoms with van der Waals surface area (Å²) in [6, 6.07) is 3.28. The van der Waals surface area contributed by atoms with Crippen molar-refractivity contribution in [2.24, 2.45) is 5.92 Å². The number of halogens is 1. The first-order valence-electron chi connectivity index (χ1n) is 5.95. The summed E-state index contributed by atoms with van der Waals surface area (Å²) in [5.74, 6) is 0.326. The smallest absolute Gasteiger partial charge is 0.287 e. The molecular formula is C12H15BrN4O2. The van der Waals surface area contributed by atoms with Gasteiger partial charge in [0.15, 0.2) is 10.4 Å². The second kappa shape index (κ2) is 6.01. The number of nitrogens with zero attached hydrogens (tertiary/aromatic N) is 3. The predicted molar refractivity (Wildman–Crippen MR) is 72.5 cm³/mol. The van der Waals surface area contributed by atoms with Crippen molar-refractivity contribution in [1.29, 1.82) is 0 Å². The second-order valence-electron chi connectivity index (χ2n) is 4.55. The maximum Gasteiger partial charge on any atom is 0.287 e. The number of carbonyl (C=O) groups excluding carboxylic acids is 1. The Morgan fingerprint density at radius 2 is 2.32 bits per heavy atom. The zero-order valence-corrected chi connectivity index (χ0v) is 12.3. The van der Waals surface area contributed by atoms with E-state index in [1.54, 1.807) is 23.1 Å². The minimum absolute atomic E-state index is 0.0434. The van der Waals surface area contributed by atoms with Gasteiger partial charge in [-0.15, -0.1) is 0 Å². The molecule has 7 heteroatoms. The molecule has 0 aliphatic carbocycles. The number of hydrogen-bond donors (Lipinski definition) is 1. The molecule has 0 fully saturated rings. The highest BCUT2D eigenvalue weighted by Gasteiger charge is 2.19. The topological polar surface area (TPSA) is 73.0 Å². The average Bonchev–Trinajstić information content (AvgIpc) is 2.99. The van der Waals surface area contributed by atoms with E-state index >= 15 is 0 Å². The fourth-order valence-corrected chi connectivity index (χ4v) is 1.93. The van der Waals surface area contributed by atoms with E-state index in [0.717, 1.165) is 0 Å². The summed E-state index contributed by atoms with van der Waals surface area (Å²) >= 11 is 3.18. The zero-order valence-electron chi connectivity index (χ0n) is 10.7. The van der Waals surface area contributed by atoms with Crippen LogP contribution in [-0.2, 0) is 6.54 Å². The van der Waals surface area contributed by atoms with Gasteiger partial charge in [-0.3, -0.25) is 9.48 Å². The third-order valence-corrected chi connectivity index (χ3v) is 3.19. The van der Waals surface area contributed by atoms with Crippen molar-refractivity contribution in [3.8, 4) is 0 Å². The van der Waals surface area contributed by atoms with Gasteiger partial charge in [-0.25, -0.2) is 4.98 Å². The van der Waals surface area contributed by atoms with Gasteiger partial charge in [0.2, 0.25) is 0 Å². The summed E-state index contributed by atoms with van der Waals surface area (Å²) < 4.78 is 7.47. The Morgan fingerprint density at radius 1 is 1.53 bits per heavy atom. The number of hydrogen-bond acceptors (Lipinski definition) is 4. The normalized spacial score (nSPS) is 12.6. The average molecular weight is 327 g/mol. The molecule has 1 amide bonds. The van der Waals surface area contributed by atoms with Crippen LogP contribution in [0.3, 0.4) is 0 Å². The fourth-order valence-electron chi connectivity index (χ4n) is 1.63. The molecule has 0 aromatic carbocycles. The third kappa shape index (κ3) is 3.66. The van der Waals surface area contributed by atoms with E-state index in [-0.39, 0.29) is 23.6 Å². The Balaban J connectivity index is 2.02. The minimum Gasteiger partial charge on any atom is -0.444 e. The van der Waals surface area contributed by atoms with Gasteiger partial charge < -0.3 is 9.73 Å². The van der Waals surface area contributed by atoms with Gasteiger partial charge >= 0.3 is 0 Å². The largest absolute Gasteiger partial charge is 0.444 e. The highest BCUT2D eigenvalue weighted by atomic mass is 79.9. The first-order chi connectivity index (χ1) is 9.06. The molecule has 2 aromatic heterocycles. The van der Waals surface area contributed by atoms with Crippen molar-refractivity contribution in [2.75, 3.05) is 0 Å². The SMILES string of the molecule is CC(C)[C@@H](Cn1cncn1)NC(=O)c1ccc(Br)o1. The van der Waals surface area contributed by atoms with Crippen LogP contribution < -0.4 is 5.32 Å². The zero-order chi connectivity index (χ0) is 13.8. The van der Waals surface area contributed by atoms with Gasteiger partial charge in [0.1, 0.15) is 12.7 Å². The first kappa shape index (κ1) is 13.8. The van der Waals surface area contributed by atoms with Crippen molar-refractivity contribution < 1.29 is 9.21 Å². The molecule has 1 N–H and O–H groups in total. The number of furan rings is 1. The molecule has 0 aliphatic heterocycles. The van der Waals surface area contributed by atoms with Crippen LogP contribution in [0.25, 0.3) is 0 Å². The molecule has 0 bridgehead atoms. The Kier molecular flexibility index (Phi) is 4.36. The summed E-state index contributed by atoms with van der Waals surface area (Å²) in [5, 5.41) is 6.99. The molecule has 0 saturated heterocycles. The number of carbonyl (C=O) groups is 1. The summed E-state index contributed by atoms with van der Waals surface area (Å²) in [6.07, 6.45) is 3.11. The van der Waals surface area contributed by atoms with E-state index < -0.39 is 0 Å². The molecule has 0 unspecified atom stereocenters. The van der Waals surface area contributed by atoms with Crippen LogP contribution in [0, 0.1) is 5.92 Å². The molecule has 0 spiro atoms. The maximum atomic E-state index is 12.0. The lowest BCUT2D eigenvalue weighted by molar-refractivity contribution is 0.0890. The summed E-state index contributed by atoms with van der Waals surface area (Å²) in [5.41, 5.74) is 0. The van der Waals surface area contributed by atoms with E-state index in [1.807, 2.05) is 13.8 Å². The van der Waals surface area contributed by atoms with Crippen molar-refractivity contribution in [2.45, 2.75) is 26.4 Å². The molecule has 102 valence electrons. The van der Waals surface area contributed by atoms with Crippen LogP contribution >= 0.6 is 15.9 Å². The number of amides is 1. The van der Waals surface area contributed by atoms with Gasteiger partial charge in [0, 0.05) is 0 Å². The van der Waals surface area contributed by atoms with Gasteiger partial charge in [-0.05, 0) is 34.0 Å². The summed E-state index contributed by atoms with van der Waals surface area (Å²) in [7, 11) is 0. The van der Waals surface area contributed by atoms with Gasteiger partial charge in [0.25, 0.3) is 5.91 Å².